The Labute approximate surface area is 298 Å². The van der Waals surface area contributed by atoms with E-state index in [1.165, 1.54) is 30.0 Å². The second kappa shape index (κ2) is 17.0. The lowest BCUT2D eigenvalue weighted by molar-refractivity contribution is -0.116. The normalized spacial score (nSPS) is 11.6. The van der Waals surface area contributed by atoms with Gasteiger partial charge in [-0.1, -0.05) is 84.4 Å². The summed E-state index contributed by atoms with van der Waals surface area (Å²) in [6, 6.07) is 36.1. The number of rotatable bonds is 13. The number of ether oxygens (including phenoxy) is 1. The summed E-state index contributed by atoms with van der Waals surface area (Å²) in [5.41, 5.74) is 2.26. The molecule has 0 aliphatic heterocycles. The zero-order valence-corrected chi connectivity index (χ0v) is 28.3. The largest absolute Gasteiger partial charge is 0.493 e. The van der Waals surface area contributed by atoms with Crippen LogP contribution in [0.3, 0.4) is 0 Å². The van der Waals surface area contributed by atoms with E-state index in [-0.39, 0.29) is 22.0 Å². The molecule has 252 valence electrons. The smallest absolute Gasteiger partial charge is 0.337 e. The third-order valence-corrected chi connectivity index (χ3v) is 8.78. The summed E-state index contributed by atoms with van der Waals surface area (Å²) < 4.78 is 5.74. The van der Waals surface area contributed by atoms with Gasteiger partial charge in [0, 0.05) is 27.4 Å². The molecule has 0 bridgehead atoms. The van der Waals surface area contributed by atoms with Crippen LogP contribution in [0.15, 0.2) is 138 Å². The minimum absolute atomic E-state index is 0.00528. The number of benzene rings is 5. The van der Waals surface area contributed by atoms with Crippen molar-refractivity contribution in [2.45, 2.75) is 17.1 Å². The Bertz CT molecular complexity index is 2040. The number of anilines is 2. The molecule has 3 amide bonds. The Balaban J connectivity index is 1.40. The van der Waals surface area contributed by atoms with E-state index >= 15 is 0 Å². The van der Waals surface area contributed by atoms with E-state index in [0.717, 1.165) is 0 Å². The van der Waals surface area contributed by atoms with Gasteiger partial charge in [0.2, 0.25) is 5.91 Å². The summed E-state index contributed by atoms with van der Waals surface area (Å²) in [5, 5.41) is 17.2. The van der Waals surface area contributed by atoms with Gasteiger partial charge in [-0.2, -0.15) is 0 Å². The maximum absolute atomic E-state index is 13.8. The van der Waals surface area contributed by atoms with Crippen molar-refractivity contribution in [3.8, 4) is 5.75 Å². The summed E-state index contributed by atoms with van der Waals surface area (Å²) in [6.45, 7) is 2.27. The third kappa shape index (κ3) is 9.40. The monoisotopic (exact) mass is 705 g/mol. The van der Waals surface area contributed by atoms with Crippen molar-refractivity contribution < 1.29 is 29.0 Å². The van der Waals surface area contributed by atoms with Gasteiger partial charge >= 0.3 is 5.97 Å². The molecule has 0 saturated carbocycles. The van der Waals surface area contributed by atoms with Crippen molar-refractivity contribution in [1.82, 2.24) is 5.32 Å². The van der Waals surface area contributed by atoms with E-state index < -0.39 is 28.9 Å². The minimum Gasteiger partial charge on any atom is -0.493 e. The van der Waals surface area contributed by atoms with Crippen LogP contribution in [0.4, 0.5) is 11.4 Å². The molecule has 50 heavy (non-hydrogen) atoms. The van der Waals surface area contributed by atoms with Crippen LogP contribution in [0.2, 0.25) is 5.02 Å². The average Bonchev–Trinajstić information content (AvgIpc) is 3.12. The number of thioether (sulfide) groups is 1. The van der Waals surface area contributed by atoms with Crippen LogP contribution in [-0.4, -0.2) is 35.4 Å². The maximum Gasteiger partial charge on any atom is 0.337 e. The highest BCUT2D eigenvalue weighted by molar-refractivity contribution is 8.00. The lowest BCUT2D eigenvalue weighted by Gasteiger charge is -2.18. The second-order valence-corrected chi connectivity index (χ2v) is 12.3. The third-order valence-electron chi connectivity index (χ3n) is 7.20. The number of nitrogens with one attached hydrogen (secondary N) is 3. The fraction of sp³-hybridized carbons (Fsp3) is 0.0769. The van der Waals surface area contributed by atoms with Crippen LogP contribution in [0.25, 0.3) is 6.08 Å². The SMILES string of the molecule is CCOc1ccccc1/C=C(/NC(=O)c1ccccc1)C(=O)Nc1cccc(SC(C(=O)Nc2ccc(Cl)c(C(=O)O)c2)c2ccccc2)c1. The average molecular weight is 706 g/mol. The van der Waals surface area contributed by atoms with Crippen LogP contribution >= 0.6 is 23.4 Å². The van der Waals surface area contributed by atoms with Gasteiger partial charge in [-0.05, 0) is 73.2 Å². The van der Waals surface area contributed by atoms with Crippen molar-refractivity contribution in [3.05, 3.63) is 160 Å². The Morgan fingerprint density at radius 2 is 1.48 bits per heavy atom. The van der Waals surface area contributed by atoms with Gasteiger partial charge in [-0.15, -0.1) is 11.8 Å². The van der Waals surface area contributed by atoms with E-state index in [2.05, 4.69) is 16.0 Å². The molecule has 0 aliphatic rings. The number of amides is 3. The Kier molecular flexibility index (Phi) is 12.1. The second-order valence-electron chi connectivity index (χ2n) is 10.7. The first-order valence-electron chi connectivity index (χ1n) is 15.5. The molecule has 0 fully saturated rings. The van der Waals surface area contributed by atoms with Gasteiger partial charge in [0.1, 0.15) is 16.7 Å². The summed E-state index contributed by atoms with van der Waals surface area (Å²) in [4.78, 5) is 52.8. The van der Waals surface area contributed by atoms with Crippen LogP contribution < -0.4 is 20.7 Å². The molecule has 0 spiro atoms. The molecule has 0 aliphatic carbocycles. The van der Waals surface area contributed by atoms with Crippen LogP contribution in [0.1, 0.15) is 44.0 Å². The summed E-state index contributed by atoms with van der Waals surface area (Å²) in [6.07, 6.45) is 1.56. The summed E-state index contributed by atoms with van der Waals surface area (Å²) in [7, 11) is 0. The number of carbonyl (C=O) groups is 4. The van der Waals surface area contributed by atoms with Crippen molar-refractivity contribution >= 4 is 64.5 Å². The number of aromatic carboxylic acids is 1. The van der Waals surface area contributed by atoms with E-state index in [0.29, 0.717) is 39.6 Å². The number of halogens is 1. The number of para-hydroxylation sites is 1. The molecule has 0 aromatic heterocycles. The van der Waals surface area contributed by atoms with E-state index in [1.54, 1.807) is 78.9 Å². The molecule has 5 rings (SSSR count). The molecule has 1 atom stereocenters. The van der Waals surface area contributed by atoms with Gasteiger partial charge in [0.05, 0.1) is 17.2 Å². The molecule has 0 saturated heterocycles. The van der Waals surface area contributed by atoms with Crippen molar-refractivity contribution in [3.63, 3.8) is 0 Å². The maximum atomic E-state index is 13.8. The topological polar surface area (TPSA) is 134 Å². The number of carboxylic acid groups (broad SMARTS) is 1. The first kappa shape index (κ1) is 35.5. The van der Waals surface area contributed by atoms with Crippen molar-refractivity contribution in [1.29, 1.82) is 0 Å². The molecule has 11 heteroatoms. The number of hydrogen-bond donors (Lipinski definition) is 4. The Morgan fingerprint density at radius 1 is 0.800 bits per heavy atom. The Hall–Kier alpha value is -5.84. The first-order chi connectivity index (χ1) is 24.2. The predicted octanol–water partition coefficient (Wildman–Crippen LogP) is 8.32. The minimum atomic E-state index is -1.21. The number of carboxylic acids is 1. The standard InChI is InChI=1S/C39H32ClN3O6S/c1-2-49-34-19-10-9-16-27(34)22-33(43-36(44)26-14-7-4-8-15-26)37(45)41-28-17-11-18-30(23-28)50-35(25-12-5-3-6-13-25)38(46)42-29-20-21-32(40)31(24-29)39(47)48/h3-24,35H,2H2,1H3,(H,41,45)(H,42,46)(H,43,44)(H,47,48)/b33-22+. The van der Waals surface area contributed by atoms with E-state index in [1.807, 2.05) is 43.3 Å². The molecule has 9 nitrogen and oxygen atoms in total. The highest BCUT2D eigenvalue weighted by Crippen LogP contribution is 2.37. The van der Waals surface area contributed by atoms with Gasteiger partial charge < -0.3 is 25.8 Å². The molecule has 0 radical (unpaired) electrons. The van der Waals surface area contributed by atoms with Gasteiger partial charge in [0.15, 0.2) is 0 Å². The summed E-state index contributed by atoms with van der Waals surface area (Å²) >= 11 is 7.26. The zero-order valence-electron chi connectivity index (χ0n) is 26.8. The van der Waals surface area contributed by atoms with Crippen LogP contribution in [0.5, 0.6) is 5.75 Å². The molecule has 1 unspecified atom stereocenters. The van der Waals surface area contributed by atoms with Crippen molar-refractivity contribution in [2.24, 2.45) is 0 Å². The van der Waals surface area contributed by atoms with Crippen LogP contribution in [-0.2, 0) is 9.59 Å². The quantitative estimate of drug-likeness (QED) is 0.0715. The van der Waals surface area contributed by atoms with Gasteiger partial charge in [-0.3, -0.25) is 14.4 Å². The number of carbonyl (C=O) groups excluding carboxylic acids is 3. The van der Waals surface area contributed by atoms with Crippen LogP contribution in [0, 0.1) is 0 Å². The highest BCUT2D eigenvalue weighted by Gasteiger charge is 2.24. The highest BCUT2D eigenvalue weighted by atomic mass is 35.5. The molecule has 4 N–H and O–H groups in total. The molecule has 5 aromatic carbocycles. The molecular weight excluding hydrogens is 674 g/mol. The fourth-order valence-electron chi connectivity index (χ4n) is 4.84. The summed E-state index contributed by atoms with van der Waals surface area (Å²) in [5.74, 6) is -2.09. The Morgan fingerprint density at radius 3 is 2.20 bits per heavy atom. The van der Waals surface area contributed by atoms with E-state index in [4.69, 9.17) is 16.3 Å². The number of hydrogen-bond acceptors (Lipinski definition) is 6. The van der Waals surface area contributed by atoms with Gasteiger partial charge in [0.25, 0.3) is 11.8 Å². The molecule has 5 aromatic rings. The lowest BCUT2D eigenvalue weighted by atomic mass is 10.1. The lowest BCUT2D eigenvalue weighted by Crippen LogP contribution is -2.30. The first-order valence-corrected chi connectivity index (χ1v) is 16.7. The zero-order chi connectivity index (χ0) is 35.5. The van der Waals surface area contributed by atoms with Crippen molar-refractivity contribution in [2.75, 3.05) is 17.2 Å². The predicted molar refractivity (Wildman–Crippen MR) is 197 cm³/mol. The van der Waals surface area contributed by atoms with Gasteiger partial charge in [-0.25, -0.2) is 4.79 Å². The molecular formula is C39H32ClN3O6S. The molecule has 0 heterocycles. The van der Waals surface area contributed by atoms with E-state index in [9.17, 15) is 24.3 Å². The fourth-order valence-corrected chi connectivity index (χ4v) is 6.12.